The number of rotatable bonds is 10. The van der Waals surface area contributed by atoms with Crippen LogP contribution in [0.2, 0.25) is 0 Å². The number of unbranched alkanes of at least 4 members (excludes halogenated alkanes) is 5. The quantitative estimate of drug-likeness (QED) is 0.253. The van der Waals surface area contributed by atoms with E-state index in [1.165, 1.54) is 32.1 Å². The van der Waals surface area contributed by atoms with E-state index in [0.717, 1.165) is 23.1 Å². The number of benzene rings is 2. The molecule has 3 nitrogen and oxygen atoms in total. The van der Waals surface area contributed by atoms with E-state index >= 15 is 0 Å². The summed E-state index contributed by atoms with van der Waals surface area (Å²) in [4.78, 5) is 12.9. The minimum atomic E-state index is -0.00246. The monoisotopic (exact) mass is 442 g/mol. The standard InChI is InChI=1S/C24H27BrO3/c1-18-23(26)21-17-20(27-16-10-5-3-2-4-9-15-25)13-14-22(21)28-24(18)19-11-7-6-8-12-19/h6-8,11-14,17H,2-5,9-10,15-16H2,1H3. The third kappa shape index (κ3) is 5.26. The highest BCUT2D eigenvalue weighted by atomic mass is 79.9. The zero-order chi connectivity index (χ0) is 19.8. The second-order valence-electron chi connectivity index (χ2n) is 7.07. The molecule has 0 aliphatic rings. The molecule has 0 unspecified atom stereocenters. The Kier molecular flexibility index (Phi) is 7.72. The Labute approximate surface area is 174 Å². The number of ether oxygens (including phenoxy) is 1. The first-order valence-corrected chi connectivity index (χ1v) is 11.1. The molecule has 0 N–H and O–H groups in total. The fourth-order valence-electron chi connectivity index (χ4n) is 3.32. The molecule has 0 spiro atoms. The molecule has 148 valence electrons. The van der Waals surface area contributed by atoms with E-state index in [4.69, 9.17) is 9.15 Å². The van der Waals surface area contributed by atoms with Crippen LogP contribution in [0.5, 0.6) is 5.75 Å². The number of alkyl halides is 1. The van der Waals surface area contributed by atoms with Crippen molar-refractivity contribution in [1.29, 1.82) is 0 Å². The average molecular weight is 443 g/mol. The van der Waals surface area contributed by atoms with Gasteiger partial charge in [-0.2, -0.15) is 0 Å². The Hall–Kier alpha value is -2.07. The van der Waals surface area contributed by atoms with Crippen molar-refractivity contribution >= 4 is 26.9 Å². The van der Waals surface area contributed by atoms with Gasteiger partial charge in [0.1, 0.15) is 17.1 Å². The Morgan fingerprint density at radius 3 is 2.39 bits per heavy atom. The third-order valence-electron chi connectivity index (χ3n) is 4.92. The van der Waals surface area contributed by atoms with Crippen LogP contribution >= 0.6 is 15.9 Å². The molecule has 1 aromatic heterocycles. The van der Waals surface area contributed by atoms with Crippen LogP contribution in [0.25, 0.3) is 22.3 Å². The minimum absolute atomic E-state index is 0.00246. The molecule has 28 heavy (non-hydrogen) atoms. The number of hydrogen-bond donors (Lipinski definition) is 0. The van der Waals surface area contributed by atoms with Crippen LogP contribution in [0.3, 0.4) is 0 Å². The topological polar surface area (TPSA) is 39.4 Å². The van der Waals surface area contributed by atoms with Gasteiger partial charge in [0.05, 0.1) is 12.0 Å². The Morgan fingerprint density at radius 1 is 0.929 bits per heavy atom. The van der Waals surface area contributed by atoms with Crippen LogP contribution in [-0.4, -0.2) is 11.9 Å². The van der Waals surface area contributed by atoms with Crippen LogP contribution in [-0.2, 0) is 0 Å². The van der Waals surface area contributed by atoms with Crippen LogP contribution in [0.4, 0.5) is 0 Å². The van der Waals surface area contributed by atoms with Crippen molar-refractivity contribution in [2.75, 3.05) is 11.9 Å². The minimum Gasteiger partial charge on any atom is -0.494 e. The molecule has 0 aliphatic heterocycles. The molecule has 3 rings (SSSR count). The van der Waals surface area contributed by atoms with Crippen molar-refractivity contribution in [3.63, 3.8) is 0 Å². The van der Waals surface area contributed by atoms with E-state index in [0.29, 0.717) is 28.9 Å². The summed E-state index contributed by atoms with van der Waals surface area (Å²) in [6.45, 7) is 2.49. The van der Waals surface area contributed by atoms with Crippen LogP contribution in [0, 0.1) is 6.92 Å². The number of hydrogen-bond acceptors (Lipinski definition) is 3. The summed E-state index contributed by atoms with van der Waals surface area (Å²) in [5, 5.41) is 1.67. The Morgan fingerprint density at radius 2 is 1.64 bits per heavy atom. The number of halogens is 1. The largest absolute Gasteiger partial charge is 0.494 e. The van der Waals surface area contributed by atoms with Crippen LogP contribution < -0.4 is 10.2 Å². The molecule has 0 atom stereocenters. The fraction of sp³-hybridized carbons (Fsp3) is 0.375. The molecule has 4 heteroatoms. The Bertz CT molecular complexity index is 947. The molecular formula is C24H27BrO3. The summed E-state index contributed by atoms with van der Waals surface area (Å²) in [7, 11) is 0. The first-order chi connectivity index (χ1) is 13.7. The van der Waals surface area contributed by atoms with Crippen molar-refractivity contribution in [3.05, 3.63) is 64.3 Å². The summed E-state index contributed by atoms with van der Waals surface area (Å²) in [6.07, 6.45) is 7.29. The average Bonchev–Trinajstić information content (AvgIpc) is 2.73. The van der Waals surface area contributed by atoms with Gasteiger partial charge in [0.25, 0.3) is 0 Å². The normalized spacial score (nSPS) is 11.1. The lowest BCUT2D eigenvalue weighted by atomic mass is 10.1. The maximum absolute atomic E-state index is 12.9. The van der Waals surface area contributed by atoms with Crippen molar-refractivity contribution in [2.45, 2.75) is 45.4 Å². The van der Waals surface area contributed by atoms with E-state index in [2.05, 4.69) is 15.9 Å². The van der Waals surface area contributed by atoms with E-state index in [9.17, 15) is 4.79 Å². The van der Waals surface area contributed by atoms with Gasteiger partial charge < -0.3 is 9.15 Å². The van der Waals surface area contributed by atoms with Gasteiger partial charge in [0.15, 0.2) is 5.43 Å². The highest BCUT2D eigenvalue weighted by molar-refractivity contribution is 9.09. The van der Waals surface area contributed by atoms with Crippen molar-refractivity contribution in [3.8, 4) is 17.1 Å². The van der Waals surface area contributed by atoms with Crippen molar-refractivity contribution in [2.24, 2.45) is 0 Å². The molecule has 0 amide bonds. The van der Waals surface area contributed by atoms with Gasteiger partial charge in [-0.05, 0) is 38.0 Å². The van der Waals surface area contributed by atoms with Crippen molar-refractivity contribution in [1.82, 2.24) is 0 Å². The lowest BCUT2D eigenvalue weighted by Crippen LogP contribution is -2.07. The predicted molar refractivity (Wildman–Crippen MR) is 120 cm³/mol. The van der Waals surface area contributed by atoms with Crippen molar-refractivity contribution < 1.29 is 9.15 Å². The highest BCUT2D eigenvalue weighted by Crippen LogP contribution is 2.27. The number of fused-ring (bicyclic) bond motifs is 1. The lowest BCUT2D eigenvalue weighted by molar-refractivity contribution is 0.304. The van der Waals surface area contributed by atoms with E-state index in [1.54, 1.807) is 6.07 Å². The molecular weight excluding hydrogens is 416 g/mol. The summed E-state index contributed by atoms with van der Waals surface area (Å²) in [5.74, 6) is 1.36. The van der Waals surface area contributed by atoms with Gasteiger partial charge in [0, 0.05) is 16.5 Å². The van der Waals surface area contributed by atoms with Gasteiger partial charge in [-0.3, -0.25) is 4.79 Å². The van der Waals surface area contributed by atoms with Gasteiger partial charge in [-0.1, -0.05) is 71.9 Å². The molecule has 0 saturated heterocycles. The van der Waals surface area contributed by atoms with E-state index < -0.39 is 0 Å². The van der Waals surface area contributed by atoms with Gasteiger partial charge >= 0.3 is 0 Å². The smallest absolute Gasteiger partial charge is 0.196 e. The molecule has 1 heterocycles. The lowest BCUT2D eigenvalue weighted by Gasteiger charge is -2.10. The molecule has 2 aromatic carbocycles. The summed E-state index contributed by atoms with van der Waals surface area (Å²) in [6, 6.07) is 15.3. The maximum Gasteiger partial charge on any atom is 0.196 e. The van der Waals surface area contributed by atoms with Gasteiger partial charge in [-0.15, -0.1) is 0 Å². The zero-order valence-corrected chi connectivity index (χ0v) is 18.0. The van der Waals surface area contributed by atoms with Gasteiger partial charge in [-0.25, -0.2) is 0 Å². The summed E-state index contributed by atoms with van der Waals surface area (Å²) >= 11 is 3.46. The third-order valence-corrected chi connectivity index (χ3v) is 5.48. The fourth-order valence-corrected chi connectivity index (χ4v) is 3.71. The highest BCUT2D eigenvalue weighted by Gasteiger charge is 2.13. The molecule has 3 aromatic rings. The summed E-state index contributed by atoms with van der Waals surface area (Å²) < 4.78 is 11.9. The van der Waals surface area contributed by atoms with Crippen LogP contribution in [0.1, 0.15) is 44.1 Å². The Balaban J connectivity index is 1.66. The summed E-state index contributed by atoms with van der Waals surface area (Å²) in [5.41, 5.74) is 2.13. The molecule has 0 radical (unpaired) electrons. The molecule has 0 fully saturated rings. The zero-order valence-electron chi connectivity index (χ0n) is 16.4. The van der Waals surface area contributed by atoms with E-state index in [-0.39, 0.29) is 5.43 Å². The first kappa shape index (κ1) is 20.7. The first-order valence-electron chi connectivity index (χ1n) is 10.0. The molecule has 0 saturated carbocycles. The van der Waals surface area contributed by atoms with E-state index in [1.807, 2.05) is 49.4 Å². The molecule has 0 aliphatic carbocycles. The second kappa shape index (κ2) is 10.5. The second-order valence-corrected chi connectivity index (χ2v) is 7.86. The SMILES string of the molecule is Cc1c(-c2ccccc2)oc2ccc(OCCCCCCCCBr)cc2c1=O. The molecule has 0 bridgehead atoms. The predicted octanol–water partition coefficient (Wildman–Crippen LogP) is 6.88. The maximum atomic E-state index is 12.9. The van der Waals surface area contributed by atoms with Crippen LogP contribution in [0.15, 0.2) is 57.7 Å². The van der Waals surface area contributed by atoms with Gasteiger partial charge in [0.2, 0.25) is 0 Å².